The molecule has 0 aliphatic rings. The number of nitrogens with one attached hydrogen (secondary N) is 2. The Morgan fingerprint density at radius 2 is 1.87 bits per heavy atom. The number of hydrogen-bond donors (Lipinski definition) is 3. The van der Waals surface area contributed by atoms with Gasteiger partial charge in [0.25, 0.3) is 0 Å². The quantitative estimate of drug-likeness (QED) is 0.282. The van der Waals surface area contributed by atoms with Crippen LogP contribution in [0, 0.1) is 28.4 Å². The zero-order valence-electron chi connectivity index (χ0n) is 15.6. The summed E-state index contributed by atoms with van der Waals surface area (Å²) >= 11 is 12.4. The van der Waals surface area contributed by atoms with Crippen LogP contribution >= 0.6 is 23.2 Å². The lowest BCUT2D eigenvalue weighted by Crippen LogP contribution is -2.13. The van der Waals surface area contributed by atoms with Gasteiger partial charge in [-0.15, -0.1) is 0 Å². The Balaban J connectivity index is 2.01. The van der Waals surface area contributed by atoms with Crippen LogP contribution in [0.25, 0.3) is 0 Å². The van der Waals surface area contributed by atoms with Gasteiger partial charge in [-0.1, -0.05) is 41.4 Å². The second-order valence-corrected chi connectivity index (χ2v) is 7.09. The summed E-state index contributed by atoms with van der Waals surface area (Å²) in [5, 5.41) is 24.9. The van der Waals surface area contributed by atoms with Crippen LogP contribution in [0.1, 0.15) is 22.6 Å². The molecule has 3 aromatic rings. The summed E-state index contributed by atoms with van der Waals surface area (Å²) < 4.78 is 0. The van der Waals surface area contributed by atoms with Crippen molar-refractivity contribution in [1.82, 2.24) is 9.97 Å². The number of hydrogen-bond acceptors (Lipinski definition) is 8. The standard InChI is InChI=1S/C19H15Cl2N7O2/c1-10-6-13(14(8-22)11-2-4-12(20)5-3-11)15(21)7-16(10)26-18-17(28(29)30)19(27-23)25-9-24-18/h2-7,9,14H,23H2,1H3,(H2,24,25,26,27). The topological polar surface area (TPSA) is 143 Å². The fourth-order valence-corrected chi connectivity index (χ4v) is 3.31. The van der Waals surface area contributed by atoms with Gasteiger partial charge in [0.15, 0.2) is 0 Å². The van der Waals surface area contributed by atoms with Crippen LogP contribution < -0.4 is 16.6 Å². The summed E-state index contributed by atoms with van der Waals surface area (Å²) in [4.78, 5) is 18.5. The number of rotatable bonds is 6. The Labute approximate surface area is 181 Å². The molecule has 9 nitrogen and oxygen atoms in total. The van der Waals surface area contributed by atoms with E-state index in [0.717, 1.165) is 11.9 Å². The van der Waals surface area contributed by atoms with Crippen LogP contribution in [0.2, 0.25) is 10.0 Å². The summed E-state index contributed by atoms with van der Waals surface area (Å²) in [6.07, 6.45) is 1.14. The fraction of sp³-hybridized carbons (Fsp3) is 0.105. The third-order valence-corrected chi connectivity index (χ3v) is 4.96. The molecule has 3 rings (SSSR count). The van der Waals surface area contributed by atoms with Gasteiger partial charge >= 0.3 is 5.69 Å². The molecule has 0 aliphatic heterocycles. The summed E-state index contributed by atoms with van der Waals surface area (Å²) in [7, 11) is 0. The van der Waals surface area contributed by atoms with Crippen molar-refractivity contribution in [2.45, 2.75) is 12.8 Å². The number of nitrogens with zero attached hydrogens (tertiary/aromatic N) is 4. The number of hydrazine groups is 1. The lowest BCUT2D eigenvalue weighted by atomic mass is 9.91. The molecule has 1 heterocycles. The van der Waals surface area contributed by atoms with E-state index in [9.17, 15) is 15.4 Å². The van der Waals surface area contributed by atoms with E-state index in [0.29, 0.717) is 26.9 Å². The number of nitro groups is 1. The lowest BCUT2D eigenvalue weighted by Gasteiger charge is -2.16. The molecule has 11 heteroatoms. The Bertz CT molecular complexity index is 1150. The van der Waals surface area contributed by atoms with Crippen molar-refractivity contribution in [3.63, 3.8) is 0 Å². The lowest BCUT2D eigenvalue weighted by molar-refractivity contribution is -0.383. The number of nitrogen functional groups attached to an aromatic ring is 1. The maximum absolute atomic E-state index is 11.4. The summed E-state index contributed by atoms with van der Waals surface area (Å²) in [6.45, 7) is 1.79. The van der Waals surface area contributed by atoms with E-state index in [1.807, 2.05) is 0 Å². The van der Waals surface area contributed by atoms with Crippen molar-refractivity contribution in [1.29, 1.82) is 5.26 Å². The number of aryl methyl sites for hydroxylation is 1. The average Bonchev–Trinajstić information content (AvgIpc) is 2.72. The van der Waals surface area contributed by atoms with Gasteiger partial charge in [-0.05, 0) is 41.8 Å². The van der Waals surface area contributed by atoms with Crippen LogP contribution in [0.15, 0.2) is 42.7 Å². The molecule has 0 amide bonds. The zero-order chi connectivity index (χ0) is 21.8. The molecule has 0 bridgehead atoms. The predicted molar refractivity (Wildman–Crippen MR) is 115 cm³/mol. The number of anilines is 3. The Kier molecular flexibility index (Phi) is 6.32. The van der Waals surface area contributed by atoms with Crippen molar-refractivity contribution < 1.29 is 4.92 Å². The molecule has 152 valence electrons. The summed E-state index contributed by atoms with van der Waals surface area (Å²) in [5.74, 6) is 4.51. The first-order valence-corrected chi connectivity index (χ1v) is 9.29. The minimum absolute atomic E-state index is 0.0515. The molecule has 0 aliphatic carbocycles. The van der Waals surface area contributed by atoms with Crippen LogP contribution in [0.5, 0.6) is 0 Å². The van der Waals surface area contributed by atoms with Gasteiger partial charge in [-0.25, -0.2) is 15.8 Å². The first-order chi connectivity index (χ1) is 14.3. The number of aromatic nitrogens is 2. The minimum Gasteiger partial charge on any atom is -0.334 e. The molecule has 1 unspecified atom stereocenters. The highest BCUT2D eigenvalue weighted by Gasteiger charge is 2.24. The Morgan fingerprint density at radius 3 is 2.47 bits per heavy atom. The zero-order valence-corrected chi connectivity index (χ0v) is 17.1. The highest BCUT2D eigenvalue weighted by atomic mass is 35.5. The molecular formula is C19H15Cl2N7O2. The van der Waals surface area contributed by atoms with E-state index < -0.39 is 16.5 Å². The maximum atomic E-state index is 11.4. The van der Waals surface area contributed by atoms with Gasteiger partial charge in [0.2, 0.25) is 11.6 Å². The first kappa shape index (κ1) is 21.3. The van der Waals surface area contributed by atoms with Gasteiger partial charge in [0.05, 0.1) is 16.9 Å². The van der Waals surface area contributed by atoms with Crippen molar-refractivity contribution in [3.8, 4) is 6.07 Å². The van der Waals surface area contributed by atoms with Crippen molar-refractivity contribution in [2.75, 3.05) is 10.7 Å². The minimum atomic E-state index is -0.644. The second-order valence-electron chi connectivity index (χ2n) is 6.25. The van der Waals surface area contributed by atoms with E-state index in [4.69, 9.17) is 29.0 Å². The molecule has 0 fully saturated rings. The highest BCUT2D eigenvalue weighted by molar-refractivity contribution is 6.32. The van der Waals surface area contributed by atoms with E-state index in [2.05, 4.69) is 26.8 Å². The van der Waals surface area contributed by atoms with Crippen LogP contribution in [-0.4, -0.2) is 14.9 Å². The Morgan fingerprint density at radius 1 is 1.20 bits per heavy atom. The molecular weight excluding hydrogens is 429 g/mol. The molecule has 2 aromatic carbocycles. The van der Waals surface area contributed by atoms with E-state index in [-0.39, 0.29) is 11.6 Å². The number of nitrogens with two attached hydrogens (primary N) is 1. The Hall–Kier alpha value is -3.45. The molecule has 0 radical (unpaired) electrons. The van der Waals surface area contributed by atoms with E-state index in [1.54, 1.807) is 43.3 Å². The number of benzene rings is 2. The third-order valence-electron chi connectivity index (χ3n) is 4.38. The van der Waals surface area contributed by atoms with Gasteiger partial charge < -0.3 is 10.7 Å². The van der Waals surface area contributed by atoms with Crippen LogP contribution in [0.3, 0.4) is 0 Å². The molecule has 0 spiro atoms. The SMILES string of the molecule is Cc1cc(C(C#N)c2ccc(Cl)cc2)c(Cl)cc1Nc1ncnc(NN)c1[N+](=O)[O-]. The third kappa shape index (κ3) is 4.26. The molecule has 0 saturated carbocycles. The number of nitriles is 1. The fourth-order valence-electron chi connectivity index (χ4n) is 2.91. The van der Waals surface area contributed by atoms with Gasteiger partial charge in [-0.3, -0.25) is 10.1 Å². The van der Waals surface area contributed by atoms with Gasteiger partial charge in [-0.2, -0.15) is 5.26 Å². The number of halogens is 2. The van der Waals surface area contributed by atoms with E-state index >= 15 is 0 Å². The average molecular weight is 444 g/mol. The smallest absolute Gasteiger partial charge is 0.334 e. The largest absolute Gasteiger partial charge is 0.354 e. The van der Waals surface area contributed by atoms with Crippen LogP contribution in [0.4, 0.5) is 23.0 Å². The molecule has 1 atom stereocenters. The monoisotopic (exact) mass is 443 g/mol. The predicted octanol–water partition coefficient (Wildman–Crippen LogP) is 4.68. The van der Waals surface area contributed by atoms with Crippen molar-refractivity contribution in [2.24, 2.45) is 5.84 Å². The summed E-state index contributed by atoms with van der Waals surface area (Å²) in [5.41, 5.74) is 4.31. The van der Waals surface area contributed by atoms with E-state index in [1.165, 1.54) is 0 Å². The molecule has 0 saturated heterocycles. The van der Waals surface area contributed by atoms with Crippen molar-refractivity contribution in [3.05, 3.63) is 79.6 Å². The molecule has 1 aromatic heterocycles. The normalized spacial score (nSPS) is 11.4. The maximum Gasteiger partial charge on any atom is 0.354 e. The van der Waals surface area contributed by atoms with Gasteiger partial charge in [0.1, 0.15) is 6.33 Å². The second kappa shape index (κ2) is 8.92. The molecule has 4 N–H and O–H groups in total. The van der Waals surface area contributed by atoms with Crippen LogP contribution in [-0.2, 0) is 0 Å². The summed E-state index contributed by atoms with van der Waals surface area (Å²) in [6, 6.07) is 12.5. The molecule has 30 heavy (non-hydrogen) atoms. The first-order valence-electron chi connectivity index (χ1n) is 8.53. The van der Waals surface area contributed by atoms with Gasteiger partial charge in [0, 0.05) is 15.7 Å². The van der Waals surface area contributed by atoms with Crippen molar-refractivity contribution >= 4 is 46.2 Å². The highest BCUT2D eigenvalue weighted by Crippen LogP contribution is 2.37.